The van der Waals surface area contributed by atoms with Crippen molar-refractivity contribution in [3.8, 4) is 5.75 Å². The van der Waals surface area contributed by atoms with Gasteiger partial charge in [0.05, 0.1) is 0 Å². The zero-order valence-corrected chi connectivity index (χ0v) is 17.7. The molecule has 0 bridgehead atoms. The molecule has 0 heterocycles. The minimum absolute atomic E-state index is 0.0956. The minimum Gasteiger partial charge on any atom is -0.508 e. The van der Waals surface area contributed by atoms with Gasteiger partial charge in [-0.15, -0.1) is 0 Å². The summed E-state index contributed by atoms with van der Waals surface area (Å²) in [6.07, 6.45) is 5.11. The third kappa shape index (κ3) is 2.55. The molecule has 2 nitrogen and oxygen atoms in total. The highest BCUT2D eigenvalue weighted by atomic mass is 16.3. The molecule has 2 saturated carbocycles. The summed E-state index contributed by atoms with van der Waals surface area (Å²) >= 11 is 0. The largest absolute Gasteiger partial charge is 0.508 e. The molecule has 2 aliphatic rings. The predicted octanol–water partition coefficient (Wildman–Crippen LogP) is 6.10. The van der Waals surface area contributed by atoms with E-state index in [-0.39, 0.29) is 16.2 Å². The molecule has 1 aromatic rings. The van der Waals surface area contributed by atoms with Crippen molar-refractivity contribution in [1.82, 2.24) is 0 Å². The van der Waals surface area contributed by atoms with Crippen molar-refractivity contribution in [2.75, 3.05) is 0 Å². The first-order chi connectivity index (χ1) is 12.0. The van der Waals surface area contributed by atoms with Crippen LogP contribution in [0.4, 0.5) is 0 Å². The number of phenols is 1. The van der Waals surface area contributed by atoms with Crippen LogP contribution in [0.1, 0.15) is 83.4 Å². The van der Waals surface area contributed by atoms with Gasteiger partial charge in [-0.25, -0.2) is 0 Å². The van der Waals surface area contributed by atoms with Gasteiger partial charge in [-0.05, 0) is 84.6 Å². The number of phenolic OH excluding ortho intramolecular Hbond substituents is 1. The standard InChI is InChI=1S/C24H36O2/c1-8-18-23(6)12-10-20(26)22(4,5)19(23)9-11-24(18,7)21-15(2)13-17(25)14-16(21)3/h13-14,18-19,25H,8-12H2,1-7H3/t18-,19?,23-,24-/m0/s1. The maximum absolute atomic E-state index is 12.7. The molecule has 144 valence electrons. The summed E-state index contributed by atoms with van der Waals surface area (Å²) in [5.74, 6) is 1.83. The van der Waals surface area contributed by atoms with Crippen LogP contribution in [0.3, 0.4) is 0 Å². The number of hydrogen-bond donors (Lipinski definition) is 1. The van der Waals surface area contributed by atoms with Crippen molar-refractivity contribution < 1.29 is 9.90 Å². The van der Waals surface area contributed by atoms with E-state index in [2.05, 4.69) is 48.5 Å². The van der Waals surface area contributed by atoms with Crippen molar-refractivity contribution in [3.05, 3.63) is 28.8 Å². The summed E-state index contributed by atoms with van der Waals surface area (Å²) in [7, 11) is 0. The monoisotopic (exact) mass is 356 g/mol. The number of carbonyl (C=O) groups excluding carboxylic acids is 1. The lowest BCUT2D eigenvalue weighted by Gasteiger charge is -2.62. The Morgan fingerprint density at radius 3 is 2.19 bits per heavy atom. The maximum atomic E-state index is 12.7. The van der Waals surface area contributed by atoms with Crippen molar-refractivity contribution in [2.24, 2.45) is 22.7 Å². The van der Waals surface area contributed by atoms with E-state index >= 15 is 0 Å². The van der Waals surface area contributed by atoms with E-state index in [4.69, 9.17) is 0 Å². The molecular weight excluding hydrogens is 320 g/mol. The Kier molecular flexibility index (Phi) is 4.57. The van der Waals surface area contributed by atoms with E-state index < -0.39 is 0 Å². The van der Waals surface area contributed by atoms with Gasteiger partial charge in [0, 0.05) is 11.8 Å². The Hall–Kier alpha value is -1.31. The van der Waals surface area contributed by atoms with E-state index in [1.807, 2.05) is 12.1 Å². The summed E-state index contributed by atoms with van der Waals surface area (Å²) in [5.41, 5.74) is 3.92. The summed E-state index contributed by atoms with van der Waals surface area (Å²) in [6.45, 7) is 15.9. The number of carbonyl (C=O) groups is 1. The molecule has 26 heavy (non-hydrogen) atoms. The van der Waals surface area contributed by atoms with E-state index in [1.54, 1.807) is 0 Å². The van der Waals surface area contributed by atoms with Crippen LogP contribution in [0, 0.1) is 36.5 Å². The van der Waals surface area contributed by atoms with E-state index in [1.165, 1.54) is 16.7 Å². The highest BCUT2D eigenvalue weighted by molar-refractivity contribution is 5.85. The molecule has 2 fully saturated rings. The van der Waals surface area contributed by atoms with Crippen LogP contribution >= 0.6 is 0 Å². The lowest BCUT2D eigenvalue weighted by Crippen LogP contribution is -2.58. The van der Waals surface area contributed by atoms with Gasteiger partial charge in [0.25, 0.3) is 0 Å². The Labute approximate surface area is 159 Å². The average molecular weight is 357 g/mol. The molecule has 2 aliphatic carbocycles. The van der Waals surface area contributed by atoms with Crippen molar-refractivity contribution in [2.45, 2.75) is 86.0 Å². The van der Waals surface area contributed by atoms with Gasteiger partial charge >= 0.3 is 0 Å². The van der Waals surface area contributed by atoms with Crippen LogP contribution in [-0.4, -0.2) is 10.9 Å². The first-order valence-corrected chi connectivity index (χ1v) is 10.3. The fourth-order valence-corrected chi connectivity index (χ4v) is 7.41. The smallest absolute Gasteiger partial charge is 0.138 e. The molecule has 1 aromatic carbocycles. The van der Waals surface area contributed by atoms with Gasteiger partial charge < -0.3 is 5.11 Å². The molecule has 2 heteroatoms. The van der Waals surface area contributed by atoms with Gasteiger partial charge in [0.15, 0.2) is 0 Å². The normalized spacial score (nSPS) is 36.7. The molecule has 0 amide bonds. The van der Waals surface area contributed by atoms with Gasteiger partial charge in [-0.3, -0.25) is 4.79 Å². The van der Waals surface area contributed by atoms with E-state index in [9.17, 15) is 9.90 Å². The van der Waals surface area contributed by atoms with Gasteiger partial charge in [0.1, 0.15) is 11.5 Å². The number of benzene rings is 1. The lowest BCUT2D eigenvalue weighted by molar-refractivity contribution is -0.153. The van der Waals surface area contributed by atoms with Crippen LogP contribution < -0.4 is 0 Å². The molecule has 1 N–H and O–H groups in total. The van der Waals surface area contributed by atoms with Crippen LogP contribution in [0.5, 0.6) is 5.75 Å². The Balaban J connectivity index is 2.14. The Morgan fingerprint density at radius 2 is 1.65 bits per heavy atom. The molecule has 1 unspecified atom stereocenters. The van der Waals surface area contributed by atoms with Crippen LogP contribution in [0.2, 0.25) is 0 Å². The van der Waals surface area contributed by atoms with Gasteiger partial charge in [0.2, 0.25) is 0 Å². The lowest BCUT2D eigenvalue weighted by atomic mass is 9.41. The van der Waals surface area contributed by atoms with Crippen molar-refractivity contribution in [3.63, 3.8) is 0 Å². The molecule has 0 aliphatic heterocycles. The first-order valence-electron chi connectivity index (χ1n) is 10.3. The number of ketones is 1. The van der Waals surface area contributed by atoms with Crippen LogP contribution in [0.25, 0.3) is 0 Å². The third-order valence-electron chi connectivity index (χ3n) is 8.29. The minimum atomic E-state index is -0.208. The molecule has 4 atom stereocenters. The van der Waals surface area contributed by atoms with Crippen molar-refractivity contribution in [1.29, 1.82) is 0 Å². The second kappa shape index (κ2) is 6.11. The number of aromatic hydroxyl groups is 1. The predicted molar refractivity (Wildman–Crippen MR) is 108 cm³/mol. The number of rotatable bonds is 2. The topological polar surface area (TPSA) is 37.3 Å². The van der Waals surface area contributed by atoms with Crippen LogP contribution in [0.15, 0.2) is 12.1 Å². The molecule has 0 aromatic heterocycles. The summed E-state index contributed by atoms with van der Waals surface area (Å²) in [5, 5.41) is 10.0. The zero-order chi connectivity index (χ0) is 19.5. The van der Waals surface area contributed by atoms with Crippen LogP contribution in [-0.2, 0) is 10.2 Å². The summed E-state index contributed by atoms with van der Waals surface area (Å²) in [6, 6.07) is 3.84. The highest BCUT2D eigenvalue weighted by Gasteiger charge is 2.60. The molecule has 0 spiro atoms. The number of aryl methyl sites for hydroxylation is 2. The number of fused-ring (bicyclic) bond motifs is 1. The second-order valence-electron chi connectivity index (χ2n) is 10.1. The fraction of sp³-hybridized carbons (Fsp3) is 0.708. The molecular formula is C24H36O2. The Bertz CT molecular complexity index is 709. The molecule has 0 radical (unpaired) electrons. The first kappa shape index (κ1) is 19.5. The molecule has 0 saturated heterocycles. The van der Waals surface area contributed by atoms with Crippen molar-refractivity contribution >= 4 is 5.78 Å². The second-order valence-corrected chi connectivity index (χ2v) is 10.1. The summed E-state index contributed by atoms with van der Waals surface area (Å²) < 4.78 is 0. The van der Waals surface area contributed by atoms with Gasteiger partial charge in [-0.2, -0.15) is 0 Å². The average Bonchev–Trinajstić information content (AvgIpc) is 2.50. The SMILES string of the molecule is CC[C@@H]1[C@@](C)(c2c(C)cc(O)cc2C)CCC2C(C)(C)C(=O)CC[C@]21C. The van der Waals surface area contributed by atoms with E-state index in [0.717, 1.165) is 32.1 Å². The molecule has 3 rings (SSSR count). The maximum Gasteiger partial charge on any atom is 0.138 e. The quantitative estimate of drug-likeness (QED) is 0.695. The fourth-order valence-electron chi connectivity index (χ4n) is 7.41. The number of hydrogen-bond acceptors (Lipinski definition) is 2. The van der Waals surface area contributed by atoms with Gasteiger partial charge in [-0.1, -0.05) is 41.0 Å². The highest BCUT2D eigenvalue weighted by Crippen LogP contribution is 2.65. The third-order valence-corrected chi connectivity index (χ3v) is 8.29. The summed E-state index contributed by atoms with van der Waals surface area (Å²) in [4.78, 5) is 12.7. The Morgan fingerprint density at radius 1 is 1.08 bits per heavy atom. The zero-order valence-electron chi connectivity index (χ0n) is 17.7. The number of Topliss-reactive ketones (excluding diaryl/α,β-unsaturated/α-hetero) is 1. The van der Waals surface area contributed by atoms with E-state index in [0.29, 0.717) is 23.4 Å².